The molecule has 0 saturated carbocycles. The molecule has 4 aromatic rings. The van der Waals surface area contributed by atoms with E-state index in [1.165, 1.54) is 5.56 Å². The van der Waals surface area contributed by atoms with Crippen molar-refractivity contribution in [1.29, 1.82) is 0 Å². The molecule has 1 unspecified atom stereocenters. The van der Waals surface area contributed by atoms with E-state index in [1.807, 2.05) is 53.1 Å². The van der Waals surface area contributed by atoms with Gasteiger partial charge in [0.2, 0.25) is 0 Å². The first kappa shape index (κ1) is 15.7. The van der Waals surface area contributed by atoms with E-state index in [-0.39, 0.29) is 6.04 Å². The highest BCUT2D eigenvalue weighted by Gasteiger charge is 2.23. The van der Waals surface area contributed by atoms with E-state index in [4.69, 9.17) is 4.98 Å². The maximum atomic E-state index is 11.0. The van der Waals surface area contributed by atoms with Crippen molar-refractivity contribution in [3.63, 3.8) is 0 Å². The third-order valence-corrected chi connectivity index (χ3v) is 5.06. The number of aromatic nitrogens is 3. The maximum Gasteiger partial charge on any atom is 0.157 e. The van der Waals surface area contributed by atoms with Crippen molar-refractivity contribution in [3.8, 4) is 11.3 Å². The predicted octanol–water partition coefficient (Wildman–Crippen LogP) is 4.89. The lowest BCUT2D eigenvalue weighted by atomic mass is 10.1. The van der Waals surface area contributed by atoms with Crippen LogP contribution in [0.4, 0.5) is 11.5 Å². The summed E-state index contributed by atoms with van der Waals surface area (Å²) >= 11 is 0. The van der Waals surface area contributed by atoms with E-state index in [1.54, 1.807) is 12.4 Å². The fourth-order valence-electron chi connectivity index (χ4n) is 3.74. The maximum absolute atomic E-state index is 11.0. The number of imidazole rings is 1. The second-order valence-electron chi connectivity index (χ2n) is 6.68. The minimum absolute atomic E-state index is 0.212. The van der Waals surface area contributed by atoms with Gasteiger partial charge >= 0.3 is 0 Å². The molecule has 2 aromatic heterocycles. The Labute approximate surface area is 155 Å². The molecule has 1 atom stereocenters. The number of hydrogen-bond acceptors (Lipinski definition) is 5. The van der Waals surface area contributed by atoms with Gasteiger partial charge in [-0.05, 0) is 36.1 Å². The minimum Gasteiger partial charge on any atom is -0.339 e. The molecular formula is C21H17N5O. The molecule has 2 heterocycles. The lowest BCUT2D eigenvalue weighted by molar-refractivity contribution is 0.710. The van der Waals surface area contributed by atoms with Gasteiger partial charge in [-0.15, -0.1) is 0 Å². The zero-order valence-electron chi connectivity index (χ0n) is 14.5. The molecule has 2 aromatic carbocycles. The molecule has 0 amide bonds. The van der Waals surface area contributed by atoms with E-state index in [0.29, 0.717) is 0 Å². The summed E-state index contributed by atoms with van der Waals surface area (Å²) in [6, 6.07) is 16.0. The molecule has 6 heteroatoms. The first-order valence-electron chi connectivity index (χ1n) is 8.93. The smallest absolute Gasteiger partial charge is 0.157 e. The zero-order valence-corrected chi connectivity index (χ0v) is 14.5. The van der Waals surface area contributed by atoms with Crippen molar-refractivity contribution >= 4 is 17.2 Å². The Bertz CT molecular complexity index is 1140. The number of nitrogens with zero attached hydrogens (tertiary/aromatic N) is 4. The molecule has 0 bridgehead atoms. The van der Waals surface area contributed by atoms with Gasteiger partial charge in [0.15, 0.2) is 5.65 Å². The molecule has 0 fully saturated rings. The normalized spacial score (nSPS) is 15.6. The van der Waals surface area contributed by atoms with E-state index >= 15 is 0 Å². The number of hydrogen-bond donors (Lipinski definition) is 1. The van der Waals surface area contributed by atoms with E-state index < -0.39 is 0 Å². The van der Waals surface area contributed by atoms with Crippen LogP contribution in [0.2, 0.25) is 0 Å². The van der Waals surface area contributed by atoms with Crippen LogP contribution >= 0.6 is 0 Å². The molecule has 1 N–H and O–H groups in total. The minimum atomic E-state index is -0.212. The summed E-state index contributed by atoms with van der Waals surface area (Å²) in [5.74, 6) is 0.890. The number of aryl methyl sites for hydroxylation is 1. The molecular weight excluding hydrogens is 338 g/mol. The quantitative estimate of drug-likeness (QED) is 0.529. The number of benzene rings is 2. The van der Waals surface area contributed by atoms with Crippen LogP contribution in [0.25, 0.3) is 16.9 Å². The summed E-state index contributed by atoms with van der Waals surface area (Å²) in [5, 5.41) is 6.76. The average Bonchev–Trinajstić information content (AvgIpc) is 3.30. The van der Waals surface area contributed by atoms with E-state index in [0.717, 1.165) is 46.8 Å². The number of anilines is 2. The lowest BCUT2D eigenvalue weighted by Gasteiger charge is -2.11. The van der Waals surface area contributed by atoms with E-state index in [2.05, 4.69) is 21.5 Å². The molecule has 6 nitrogen and oxygen atoms in total. The Balaban J connectivity index is 1.60. The summed E-state index contributed by atoms with van der Waals surface area (Å²) in [7, 11) is 0. The summed E-state index contributed by atoms with van der Waals surface area (Å²) in [4.78, 5) is 19.9. The molecule has 5 rings (SSSR count). The van der Waals surface area contributed by atoms with Gasteiger partial charge < -0.3 is 5.32 Å². The van der Waals surface area contributed by atoms with Crippen LogP contribution in [0.5, 0.6) is 0 Å². The Morgan fingerprint density at radius 2 is 2.04 bits per heavy atom. The highest BCUT2D eigenvalue weighted by atomic mass is 16.3. The van der Waals surface area contributed by atoms with Crippen molar-refractivity contribution < 1.29 is 0 Å². The van der Waals surface area contributed by atoms with Gasteiger partial charge in [-0.25, -0.2) is 4.98 Å². The highest BCUT2D eigenvalue weighted by molar-refractivity contribution is 5.79. The Kier molecular flexibility index (Phi) is 3.67. The summed E-state index contributed by atoms with van der Waals surface area (Å²) in [5.41, 5.74) is 5.88. The van der Waals surface area contributed by atoms with Crippen LogP contribution in [0, 0.1) is 4.91 Å². The molecule has 27 heavy (non-hydrogen) atoms. The Hall–Kier alpha value is -3.54. The number of rotatable bonds is 4. The fourth-order valence-corrected chi connectivity index (χ4v) is 3.74. The first-order chi connectivity index (χ1) is 13.3. The Morgan fingerprint density at radius 3 is 2.89 bits per heavy atom. The van der Waals surface area contributed by atoms with E-state index in [9.17, 15) is 4.91 Å². The number of fused-ring (bicyclic) bond motifs is 2. The van der Waals surface area contributed by atoms with Crippen LogP contribution in [0.1, 0.15) is 23.6 Å². The predicted molar refractivity (Wildman–Crippen MR) is 105 cm³/mol. The van der Waals surface area contributed by atoms with Crippen LogP contribution < -0.4 is 5.32 Å². The lowest BCUT2D eigenvalue weighted by Crippen LogP contribution is -1.98. The second-order valence-corrected chi connectivity index (χ2v) is 6.68. The van der Waals surface area contributed by atoms with Crippen molar-refractivity contribution in [2.75, 3.05) is 5.32 Å². The van der Waals surface area contributed by atoms with Crippen molar-refractivity contribution in [3.05, 3.63) is 83.2 Å². The fraction of sp³-hybridized carbons (Fsp3) is 0.143. The van der Waals surface area contributed by atoms with Gasteiger partial charge in [0.05, 0.1) is 6.20 Å². The van der Waals surface area contributed by atoms with Gasteiger partial charge in [-0.1, -0.05) is 41.6 Å². The molecule has 0 saturated heterocycles. The first-order valence-corrected chi connectivity index (χ1v) is 8.93. The molecule has 132 valence electrons. The molecule has 0 radical (unpaired) electrons. The van der Waals surface area contributed by atoms with Crippen LogP contribution in [-0.2, 0) is 6.42 Å². The number of nitrogens with one attached hydrogen (secondary N) is 1. The van der Waals surface area contributed by atoms with Gasteiger partial charge in [0.1, 0.15) is 17.6 Å². The zero-order chi connectivity index (χ0) is 18.2. The summed E-state index contributed by atoms with van der Waals surface area (Å²) < 4.78 is 2.00. The average molecular weight is 355 g/mol. The Morgan fingerprint density at radius 1 is 1.15 bits per heavy atom. The number of nitroso groups, excluding NO2 is 1. The molecule has 1 aliphatic carbocycles. The third kappa shape index (κ3) is 2.66. The standard InChI is InChI=1S/C21H17N5O/c27-25-18-9-6-15-12-16(7-8-17(15)18)23-21-20(14-4-2-1-3-5-14)24-19-13-22-10-11-26(19)21/h1-5,7-8,10-13,18,23H,6,9H2. The SMILES string of the molecule is O=NC1CCc2cc(Nc3c(-c4ccccc4)nc4cnccn34)ccc21. The van der Waals surface area contributed by atoms with Crippen LogP contribution in [-0.4, -0.2) is 14.4 Å². The highest BCUT2D eigenvalue weighted by Crippen LogP contribution is 2.37. The van der Waals surface area contributed by atoms with Crippen LogP contribution in [0.3, 0.4) is 0 Å². The molecule has 0 spiro atoms. The van der Waals surface area contributed by atoms with Crippen molar-refractivity contribution in [2.45, 2.75) is 18.9 Å². The molecule has 1 aliphatic rings. The van der Waals surface area contributed by atoms with Gasteiger partial charge in [0.25, 0.3) is 0 Å². The van der Waals surface area contributed by atoms with Gasteiger partial charge in [-0.2, -0.15) is 4.91 Å². The van der Waals surface area contributed by atoms with Crippen molar-refractivity contribution in [2.24, 2.45) is 5.18 Å². The van der Waals surface area contributed by atoms with Crippen molar-refractivity contribution in [1.82, 2.24) is 14.4 Å². The summed E-state index contributed by atoms with van der Waals surface area (Å²) in [6.45, 7) is 0. The molecule has 0 aliphatic heterocycles. The van der Waals surface area contributed by atoms with Gasteiger partial charge in [-0.3, -0.25) is 9.38 Å². The summed E-state index contributed by atoms with van der Waals surface area (Å²) in [6.07, 6.45) is 7.07. The second kappa shape index (κ2) is 6.32. The topological polar surface area (TPSA) is 71.7 Å². The largest absolute Gasteiger partial charge is 0.339 e. The third-order valence-electron chi connectivity index (χ3n) is 5.06. The van der Waals surface area contributed by atoms with Gasteiger partial charge in [0, 0.05) is 23.6 Å². The van der Waals surface area contributed by atoms with Crippen LogP contribution in [0.15, 0.2) is 72.3 Å². The monoisotopic (exact) mass is 355 g/mol.